The molecule has 0 saturated carbocycles. The molecule has 7 heteroatoms. The van der Waals surface area contributed by atoms with Crippen LogP contribution in [0.3, 0.4) is 0 Å². The average Bonchev–Trinajstić information content (AvgIpc) is 2.59. The van der Waals surface area contributed by atoms with E-state index in [2.05, 4.69) is 15.3 Å². The zero-order valence-electron chi connectivity index (χ0n) is 13.7. The smallest absolute Gasteiger partial charge is 0.343 e. The number of aromatic nitrogens is 2. The first kappa shape index (κ1) is 16.5. The Hall–Kier alpha value is -2.83. The largest absolute Gasteiger partial charge is 0.480 e. The summed E-state index contributed by atoms with van der Waals surface area (Å²) in [6.45, 7) is 0.551. The second-order valence-corrected chi connectivity index (χ2v) is 4.98. The Morgan fingerprint density at radius 2 is 2.04 bits per heavy atom. The van der Waals surface area contributed by atoms with Crippen LogP contribution < -0.4 is 15.0 Å². The molecule has 122 valence electrons. The Balaban J connectivity index is 2.17. The molecule has 2 heterocycles. The van der Waals surface area contributed by atoms with Gasteiger partial charge < -0.3 is 19.7 Å². The van der Waals surface area contributed by atoms with Crippen LogP contribution >= 0.6 is 0 Å². The summed E-state index contributed by atoms with van der Waals surface area (Å²) in [5.74, 6) is 1.23. The molecule has 2 rings (SSSR count). The number of nitrogens with one attached hydrogen (secondary N) is 1. The first-order valence-electron chi connectivity index (χ1n) is 7.05. The van der Waals surface area contributed by atoms with Crippen molar-refractivity contribution < 1.29 is 14.3 Å². The van der Waals surface area contributed by atoms with Gasteiger partial charge in [-0.05, 0) is 18.2 Å². The molecule has 23 heavy (non-hydrogen) atoms. The maximum absolute atomic E-state index is 11.6. The van der Waals surface area contributed by atoms with Gasteiger partial charge in [0.05, 0.1) is 14.2 Å². The van der Waals surface area contributed by atoms with E-state index in [0.717, 1.165) is 11.4 Å². The number of methoxy groups -OCH3 is 2. The van der Waals surface area contributed by atoms with Crippen LogP contribution in [0.25, 0.3) is 0 Å². The van der Waals surface area contributed by atoms with Crippen molar-refractivity contribution >= 4 is 17.6 Å². The third-order valence-electron chi connectivity index (χ3n) is 3.21. The van der Waals surface area contributed by atoms with E-state index in [0.29, 0.717) is 12.4 Å². The highest BCUT2D eigenvalue weighted by Crippen LogP contribution is 2.21. The number of carbonyl (C=O) groups is 1. The number of anilines is 2. The lowest BCUT2D eigenvalue weighted by atomic mass is 10.2. The molecule has 7 nitrogen and oxygen atoms in total. The lowest BCUT2D eigenvalue weighted by Crippen LogP contribution is -2.15. The SMILES string of the molecule is COC(=O)c1ccc(NCc2cccnc2N(C)C)nc1OC. The molecular formula is C16H20N4O3. The number of rotatable bonds is 6. The quantitative estimate of drug-likeness (QED) is 0.816. The van der Waals surface area contributed by atoms with Crippen molar-refractivity contribution in [3.05, 3.63) is 41.6 Å². The molecule has 0 aliphatic carbocycles. The molecule has 0 atom stereocenters. The highest BCUT2D eigenvalue weighted by Gasteiger charge is 2.15. The maximum atomic E-state index is 11.6. The molecule has 2 aromatic rings. The van der Waals surface area contributed by atoms with E-state index in [1.807, 2.05) is 31.1 Å². The minimum atomic E-state index is -0.483. The number of ether oxygens (including phenoxy) is 2. The van der Waals surface area contributed by atoms with Gasteiger partial charge in [0.25, 0.3) is 0 Å². The Morgan fingerprint density at radius 3 is 2.70 bits per heavy atom. The molecule has 0 bridgehead atoms. The van der Waals surface area contributed by atoms with Crippen LogP contribution in [-0.2, 0) is 11.3 Å². The fourth-order valence-corrected chi connectivity index (χ4v) is 2.12. The molecule has 0 spiro atoms. The third-order valence-corrected chi connectivity index (χ3v) is 3.21. The van der Waals surface area contributed by atoms with Crippen molar-refractivity contribution in [1.82, 2.24) is 9.97 Å². The summed E-state index contributed by atoms with van der Waals surface area (Å²) in [5, 5.41) is 3.21. The van der Waals surface area contributed by atoms with E-state index in [1.54, 1.807) is 18.3 Å². The molecule has 2 aromatic heterocycles. The minimum Gasteiger partial charge on any atom is -0.480 e. The van der Waals surface area contributed by atoms with Crippen molar-refractivity contribution in [1.29, 1.82) is 0 Å². The summed E-state index contributed by atoms with van der Waals surface area (Å²) in [4.78, 5) is 22.2. The number of nitrogens with zero attached hydrogens (tertiary/aromatic N) is 3. The van der Waals surface area contributed by atoms with Gasteiger partial charge in [0.2, 0.25) is 5.88 Å². The molecule has 0 aromatic carbocycles. The van der Waals surface area contributed by atoms with Crippen LogP contribution in [0.15, 0.2) is 30.5 Å². The zero-order valence-corrected chi connectivity index (χ0v) is 13.7. The van der Waals surface area contributed by atoms with E-state index < -0.39 is 5.97 Å². The van der Waals surface area contributed by atoms with Crippen LogP contribution in [-0.4, -0.2) is 44.3 Å². The van der Waals surface area contributed by atoms with Crippen LogP contribution in [0.5, 0.6) is 5.88 Å². The van der Waals surface area contributed by atoms with Gasteiger partial charge in [-0.3, -0.25) is 0 Å². The lowest BCUT2D eigenvalue weighted by Gasteiger charge is -2.16. The van der Waals surface area contributed by atoms with Crippen LogP contribution in [0.2, 0.25) is 0 Å². The van der Waals surface area contributed by atoms with Gasteiger partial charge in [0, 0.05) is 32.4 Å². The Bertz CT molecular complexity index is 689. The summed E-state index contributed by atoms with van der Waals surface area (Å²) < 4.78 is 9.85. The predicted molar refractivity (Wildman–Crippen MR) is 88.0 cm³/mol. The van der Waals surface area contributed by atoms with Crippen LogP contribution in [0.4, 0.5) is 11.6 Å². The predicted octanol–water partition coefficient (Wildman–Crippen LogP) is 1.95. The molecule has 0 amide bonds. The lowest BCUT2D eigenvalue weighted by molar-refractivity contribution is 0.0596. The summed E-state index contributed by atoms with van der Waals surface area (Å²) in [5.41, 5.74) is 1.33. The minimum absolute atomic E-state index is 0.223. The van der Waals surface area contributed by atoms with Gasteiger partial charge in [-0.15, -0.1) is 0 Å². The summed E-state index contributed by atoms with van der Waals surface area (Å²) >= 11 is 0. The van der Waals surface area contributed by atoms with Gasteiger partial charge in [0.15, 0.2) is 0 Å². The Labute approximate surface area is 135 Å². The van der Waals surface area contributed by atoms with Gasteiger partial charge >= 0.3 is 5.97 Å². The molecule has 0 fully saturated rings. The van der Waals surface area contributed by atoms with Crippen molar-refractivity contribution in [2.24, 2.45) is 0 Å². The van der Waals surface area contributed by atoms with Crippen LogP contribution in [0, 0.1) is 0 Å². The molecule has 0 unspecified atom stereocenters. The summed E-state index contributed by atoms with van der Waals surface area (Å²) in [6, 6.07) is 7.21. The van der Waals surface area contributed by atoms with Gasteiger partial charge in [-0.2, -0.15) is 4.98 Å². The standard InChI is InChI=1S/C16H20N4O3/c1-20(2)14-11(6-5-9-17-14)10-18-13-8-7-12(16(21)23-4)15(19-13)22-3/h5-9H,10H2,1-4H3,(H,18,19). The fourth-order valence-electron chi connectivity index (χ4n) is 2.12. The molecule has 0 saturated heterocycles. The van der Waals surface area contributed by atoms with Crippen molar-refractivity contribution in [3.63, 3.8) is 0 Å². The van der Waals surface area contributed by atoms with E-state index in [-0.39, 0.29) is 11.4 Å². The van der Waals surface area contributed by atoms with E-state index in [9.17, 15) is 4.79 Å². The monoisotopic (exact) mass is 316 g/mol. The second-order valence-electron chi connectivity index (χ2n) is 4.98. The van der Waals surface area contributed by atoms with E-state index in [4.69, 9.17) is 9.47 Å². The van der Waals surface area contributed by atoms with Gasteiger partial charge in [-0.25, -0.2) is 9.78 Å². The molecular weight excluding hydrogens is 296 g/mol. The van der Waals surface area contributed by atoms with E-state index >= 15 is 0 Å². The highest BCUT2D eigenvalue weighted by molar-refractivity contribution is 5.92. The average molecular weight is 316 g/mol. The number of pyridine rings is 2. The number of carbonyl (C=O) groups excluding carboxylic acids is 1. The third kappa shape index (κ3) is 3.88. The Morgan fingerprint density at radius 1 is 1.26 bits per heavy atom. The molecule has 0 radical (unpaired) electrons. The van der Waals surface area contributed by atoms with Gasteiger partial charge in [-0.1, -0.05) is 6.07 Å². The molecule has 0 aliphatic heterocycles. The molecule has 0 aliphatic rings. The highest BCUT2D eigenvalue weighted by atomic mass is 16.5. The first-order valence-corrected chi connectivity index (χ1v) is 7.05. The fraction of sp³-hybridized carbons (Fsp3) is 0.312. The maximum Gasteiger partial charge on any atom is 0.343 e. The van der Waals surface area contributed by atoms with Crippen molar-refractivity contribution in [2.75, 3.05) is 38.5 Å². The Kier molecular flexibility index (Phi) is 5.35. The number of hydrogen-bond acceptors (Lipinski definition) is 7. The van der Waals surface area contributed by atoms with Gasteiger partial charge in [0.1, 0.15) is 17.2 Å². The number of hydrogen-bond donors (Lipinski definition) is 1. The molecule has 1 N–H and O–H groups in total. The number of esters is 1. The topological polar surface area (TPSA) is 76.6 Å². The normalized spacial score (nSPS) is 10.1. The second kappa shape index (κ2) is 7.44. The van der Waals surface area contributed by atoms with Crippen LogP contribution in [0.1, 0.15) is 15.9 Å². The zero-order chi connectivity index (χ0) is 16.8. The van der Waals surface area contributed by atoms with Crippen molar-refractivity contribution in [3.8, 4) is 5.88 Å². The van der Waals surface area contributed by atoms with Crippen molar-refractivity contribution in [2.45, 2.75) is 6.54 Å². The summed E-state index contributed by atoms with van der Waals surface area (Å²) in [7, 11) is 6.67. The first-order chi connectivity index (χ1) is 11.1. The summed E-state index contributed by atoms with van der Waals surface area (Å²) in [6.07, 6.45) is 1.76. The van der Waals surface area contributed by atoms with E-state index in [1.165, 1.54) is 14.2 Å².